The van der Waals surface area contributed by atoms with Crippen molar-refractivity contribution in [2.75, 3.05) is 18.4 Å². The molecule has 0 aromatic carbocycles. The molecule has 0 radical (unpaired) electrons. The van der Waals surface area contributed by atoms with E-state index in [-0.39, 0.29) is 18.4 Å². The van der Waals surface area contributed by atoms with Gasteiger partial charge in [0.15, 0.2) is 0 Å². The van der Waals surface area contributed by atoms with Crippen molar-refractivity contribution in [2.24, 2.45) is 0 Å². The Morgan fingerprint density at radius 2 is 2.20 bits per heavy atom. The van der Waals surface area contributed by atoms with Crippen LogP contribution in [0.2, 0.25) is 0 Å². The number of rotatable bonds is 7. The molecular weight excluding hydrogens is 256 g/mol. The summed E-state index contributed by atoms with van der Waals surface area (Å²) < 4.78 is 0. The minimum Gasteiger partial charge on any atom is -0.369 e. The SMILES string of the molecule is CCCNc1ncccc1C(=O)NCC(=O)NC1CC1. The van der Waals surface area contributed by atoms with E-state index < -0.39 is 0 Å². The van der Waals surface area contributed by atoms with Gasteiger partial charge in [0.1, 0.15) is 5.82 Å². The molecule has 1 aromatic rings. The summed E-state index contributed by atoms with van der Waals surface area (Å²) in [4.78, 5) is 27.7. The average Bonchev–Trinajstić information content (AvgIpc) is 3.26. The van der Waals surface area contributed by atoms with Gasteiger partial charge in [0.25, 0.3) is 5.91 Å². The van der Waals surface area contributed by atoms with Crippen molar-refractivity contribution >= 4 is 17.6 Å². The van der Waals surface area contributed by atoms with Crippen molar-refractivity contribution < 1.29 is 9.59 Å². The molecule has 1 fully saturated rings. The molecule has 2 amide bonds. The van der Waals surface area contributed by atoms with Gasteiger partial charge in [-0.2, -0.15) is 0 Å². The molecule has 0 unspecified atom stereocenters. The van der Waals surface area contributed by atoms with Gasteiger partial charge in [-0.3, -0.25) is 9.59 Å². The fourth-order valence-electron chi connectivity index (χ4n) is 1.73. The molecule has 0 aliphatic heterocycles. The Morgan fingerprint density at radius 3 is 2.90 bits per heavy atom. The smallest absolute Gasteiger partial charge is 0.255 e. The number of carbonyl (C=O) groups is 2. The molecule has 1 saturated carbocycles. The van der Waals surface area contributed by atoms with E-state index in [1.165, 1.54) is 0 Å². The monoisotopic (exact) mass is 276 g/mol. The first-order valence-corrected chi connectivity index (χ1v) is 6.97. The van der Waals surface area contributed by atoms with Gasteiger partial charge in [-0.1, -0.05) is 6.92 Å². The van der Waals surface area contributed by atoms with Crippen LogP contribution in [0.15, 0.2) is 18.3 Å². The first-order chi connectivity index (χ1) is 9.70. The maximum Gasteiger partial charge on any atom is 0.255 e. The zero-order chi connectivity index (χ0) is 14.4. The summed E-state index contributed by atoms with van der Waals surface area (Å²) in [6.45, 7) is 2.79. The molecule has 108 valence electrons. The number of hydrogen-bond acceptors (Lipinski definition) is 4. The van der Waals surface area contributed by atoms with Gasteiger partial charge in [0, 0.05) is 18.8 Å². The Bertz CT molecular complexity index is 486. The first kappa shape index (κ1) is 14.3. The minimum atomic E-state index is -0.289. The fourth-order valence-corrected chi connectivity index (χ4v) is 1.73. The molecule has 1 aliphatic rings. The summed E-state index contributed by atoms with van der Waals surface area (Å²) in [6, 6.07) is 3.70. The lowest BCUT2D eigenvalue weighted by Gasteiger charge is -2.10. The van der Waals surface area contributed by atoms with Crippen molar-refractivity contribution in [1.82, 2.24) is 15.6 Å². The molecule has 1 aliphatic carbocycles. The van der Waals surface area contributed by atoms with E-state index in [0.29, 0.717) is 17.4 Å². The van der Waals surface area contributed by atoms with E-state index in [2.05, 4.69) is 20.9 Å². The normalized spacial score (nSPS) is 13.7. The quantitative estimate of drug-likeness (QED) is 0.691. The van der Waals surface area contributed by atoms with Gasteiger partial charge in [-0.25, -0.2) is 4.98 Å². The van der Waals surface area contributed by atoms with Gasteiger partial charge >= 0.3 is 0 Å². The summed E-state index contributed by atoms with van der Waals surface area (Å²) >= 11 is 0. The predicted molar refractivity (Wildman–Crippen MR) is 76.5 cm³/mol. The minimum absolute atomic E-state index is 0.00253. The Labute approximate surface area is 118 Å². The summed E-state index contributed by atoms with van der Waals surface area (Å²) in [5.41, 5.74) is 0.458. The van der Waals surface area contributed by atoms with Crippen LogP contribution >= 0.6 is 0 Å². The van der Waals surface area contributed by atoms with E-state index >= 15 is 0 Å². The third-order valence-corrected chi connectivity index (χ3v) is 2.95. The van der Waals surface area contributed by atoms with Crippen LogP contribution in [0.1, 0.15) is 36.5 Å². The average molecular weight is 276 g/mol. The van der Waals surface area contributed by atoms with Crippen molar-refractivity contribution in [2.45, 2.75) is 32.2 Å². The highest BCUT2D eigenvalue weighted by atomic mass is 16.2. The van der Waals surface area contributed by atoms with Crippen LogP contribution in [-0.4, -0.2) is 35.9 Å². The molecule has 0 spiro atoms. The van der Waals surface area contributed by atoms with Crippen LogP contribution in [0.25, 0.3) is 0 Å². The molecule has 1 heterocycles. The van der Waals surface area contributed by atoms with Crippen LogP contribution in [0.3, 0.4) is 0 Å². The zero-order valence-electron chi connectivity index (χ0n) is 11.6. The molecule has 2 rings (SSSR count). The van der Waals surface area contributed by atoms with E-state index in [0.717, 1.165) is 25.8 Å². The molecule has 3 N–H and O–H groups in total. The Hall–Kier alpha value is -2.11. The maximum atomic E-state index is 12.1. The summed E-state index contributed by atoms with van der Waals surface area (Å²) in [7, 11) is 0. The highest BCUT2D eigenvalue weighted by Gasteiger charge is 2.23. The van der Waals surface area contributed by atoms with E-state index in [1.807, 2.05) is 6.92 Å². The lowest BCUT2D eigenvalue weighted by atomic mass is 10.2. The van der Waals surface area contributed by atoms with Gasteiger partial charge in [0.05, 0.1) is 12.1 Å². The number of anilines is 1. The van der Waals surface area contributed by atoms with Gasteiger partial charge < -0.3 is 16.0 Å². The van der Waals surface area contributed by atoms with E-state index in [4.69, 9.17) is 0 Å². The molecule has 6 heteroatoms. The number of carbonyl (C=O) groups excluding carboxylic acids is 2. The topological polar surface area (TPSA) is 83.1 Å². The van der Waals surface area contributed by atoms with E-state index in [9.17, 15) is 9.59 Å². The van der Waals surface area contributed by atoms with Crippen molar-refractivity contribution in [3.63, 3.8) is 0 Å². The van der Waals surface area contributed by atoms with Crippen molar-refractivity contribution in [3.05, 3.63) is 23.9 Å². The Balaban J connectivity index is 1.88. The fraction of sp³-hybridized carbons (Fsp3) is 0.500. The van der Waals surface area contributed by atoms with Crippen LogP contribution in [0.5, 0.6) is 0 Å². The summed E-state index contributed by atoms with van der Waals surface area (Å²) in [5.74, 6) is 0.116. The highest BCUT2D eigenvalue weighted by molar-refractivity contribution is 6.00. The number of hydrogen-bond donors (Lipinski definition) is 3. The summed E-state index contributed by atoms with van der Waals surface area (Å²) in [6.07, 6.45) is 4.65. The molecule has 0 atom stereocenters. The predicted octanol–water partition coefficient (Wildman–Crippen LogP) is 0.912. The van der Waals surface area contributed by atoms with Gasteiger partial charge in [-0.05, 0) is 31.4 Å². The van der Waals surface area contributed by atoms with E-state index in [1.54, 1.807) is 18.3 Å². The number of nitrogens with zero attached hydrogens (tertiary/aromatic N) is 1. The molecule has 1 aromatic heterocycles. The van der Waals surface area contributed by atoms with Crippen LogP contribution in [0, 0.1) is 0 Å². The van der Waals surface area contributed by atoms with Crippen molar-refractivity contribution in [1.29, 1.82) is 0 Å². The Kier molecular flexibility index (Phi) is 4.92. The highest BCUT2D eigenvalue weighted by Crippen LogP contribution is 2.18. The number of nitrogens with one attached hydrogen (secondary N) is 3. The number of amides is 2. The second kappa shape index (κ2) is 6.88. The zero-order valence-corrected chi connectivity index (χ0v) is 11.6. The summed E-state index contributed by atoms with van der Waals surface area (Å²) in [5, 5.41) is 8.54. The van der Waals surface area contributed by atoms with Gasteiger partial charge in [-0.15, -0.1) is 0 Å². The second-order valence-corrected chi connectivity index (χ2v) is 4.85. The number of aromatic nitrogens is 1. The maximum absolute atomic E-state index is 12.1. The lowest BCUT2D eigenvalue weighted by Crippen LogP contribution is -2.38. The lowest BCUT2D eigenvalue weighted by molar-refractivity contribution is -0.120. The molecule has 6 nitrogen and oxygen atoms in total. The standard InChI is InChI=1S/C14H20N4O2/c1-2-7-15-13-11(4-3-8-16-13)14(20)17-9-12(19)18-10-5-6-10/h3-4,8,10H,2,5-7,9H2,1H3,(H,15,16)(H,17,20)(H,18,19). The van der Waals surface area contributed by atoms with Gasteiger partial charge in [0.2, 0.25) is 5.91 Å². The van der Waals surface area contributed by atoms with Crippen molar-refractivity contribution in [3.8, 4) is 0 Å². The van der Waals surface area contributed by atoms with Crippen LogP contribution < -0.4 is 16.0 Å². The first-order valence-electron chi connectivity index (χ1n) is 6.97. The Morgan fingerprint density at radius 1 is 1.40 bits per heavy atom. The molecule has 0 bridgehead atoms. The largest absolute Gasteiger partial charge is 0.369 e. The molecule has 20 heavy (non-hydrogen) atoms. The molecule has 0 saturated heterocycles. The third-order valence-electron chi connectivity index (χ3n) is 2.95. The number of pyridine rings is 1. The molecular formula is C14H20N4O2. The van der Waals surface area contributed by atoms with Crippen LogP contribution in [-0.2, 0) is 4.79 Å². The van der Waals surface area contributed by atoms with Crippen LogP contribution in [0.4, 0.5) is 5.82 Å². The second-order valence-electron chi connectivity index (χ2n) is 4.85. The third kappa shape index (κ3) is 4.22.